The average Bonchev–Trinajstić information content (AvgIpc) is 2.03. The molecule has 0 radical (unpaired) electrons. The van der Waals surface area contributed by atoms with Gasteiger partial charge in [-0.1, -0.05) is 6.92 Å². The van der Waals surface area contributed by atoms with Crippen molar-refractivity contribution in [2.24, 2.45) is 5.92 Å². The maximum absolute atomic E-state index is 10.5. The molecule has 0 spiro atoms. The third kappa shape index (κ3) is 5.94. The lowest BCUT2D eigenvalue weighted by Gasteiger charge is -2.25. The van der Waals surface area contributed by atoms with Gasteiger partial charge in [-0.2, -0.15) is 0 Å². The van der Waals surface area contributed by atoms with Gasteiger partial charge in [0.05, 0.1) is 11.5 Å². The molecule has 1 atom stereocenters. The highest BCUT2D eigenvalue weighted by Gasteiger charge is 2.18. The Bertz CT molecular complexity index is 180. The summed E-state index contributed by atoms with van der Waals surface area (Å²) < 4.78 is 5.46. The van der Waals surface area contributed by atoms with Crippen LogP contribution < -0.4 is 5.32 Å². The first-order valence-electron chi connectivity index (χ1n) is 4.96. The third-order valence-corrected chi connectivity index (χ3v) is 1.96. The van der Waals surface area contributed by atoms with E-state index in [0.29, 0.717) is 19.7 Å². The molecule has 0 heterocycles. The lowest BCUT2D eigenvalue weighted by molar-refractivity contribution is -0.141. The van der Waals surface area contributed by atoms with Crippen LogP contribution in [-0.4, -0.2) is 36.4 Å². The van der Waals surface area contributed by atoms with Crippen LogP contribution in [0.2, 0.25) is 0 Å². The van der Waals surface area contributed by atoms with Crippen molar-refractivity contribution in [1.82, 2.24) is 5.32 Å². The molecule has 0 aliphatic rings. The molecule has 14 heavy (non-hydrogen) atoms. The van der Waals surface area contributed by atoms with Crippen LogP contribution in [0.15, 0.2) is 0 Å². The molecular formula is C10H21NO3. The summed E-state index contributed by atoms with van der Waals surface area (Å²) in [5.41, 5.74) is -0.229. The van der Waals surface area contributed by atoms with E-state index in [-0.39, 0.29) is 11.5 Å². The van der Waals surface area contributed by atoms with Gasteiger partial charge in [0.25, 0.3) is 0 Å². The number of rotatable bonds is 7. The van der Waals surface area contributed by atoms with Crippen LogP contribution in [0.3, 0.4) is 0 Å². The smallest absolute Gasteiger partial charge is 0.307 e. The van der Waals surface area contributed by atoms with E-state index in [9.17, 15) is 4.79 Å². The molecule has 0 fully saturated rings. The second-order valence-corrected chi connectivity index (χ2v) is 4.06. The fraction of sp³-hybridized carbons (Fsp3) is 0.900. The Kier molecular flexibility index (Phi) is 5.72. The normalized spacial score (nSPS) is 14.0. The van der Waals surface area contributed by atoms with Crippen LogP contribution in [0.5, 0.6) is 0 Å². The number of hydrogen-bond acceptors (Lipinski definition) is 3. The Hall–Kier alpha value is -0.610. The SMILES string of the molecule is CCOC(C)(C)CNCC(C)C(=O)O. The molecule has 0 aromatic rings. The first-order chi connectivity index (χ1) is 6.39. The van der Waals surface area contributed by atoms with Crippen molar-refractivity contribution in [3.05, 3.63) is 0 Å². The minimum Gasteiger partial charge on any atom is -0.481 e. The second kappa shape index (κ2) is 5.98. The third-order valence-electron chi connectivity index (χ3n) is 1.96. The van der Waals surface area contributed by atoms with Crippen molar-refractivity contribution in [3.8, 4) is 0 Å². The minimum absolute atomic E-state index is 0.229. The molecule has 0 aliphatic heterocycles. The summed E-state index contributed by atoms with van der Waals surface area (Å²) in [5.74, 6) is -1.13. The van der Waals surface area contributed by atoms with Crippen LogP contribution in [0.1, 0.15) is 27.7 Å². The van der Waals surface area contributed by atoms with Crippen LogP contribution >= 0.6 is 0 Å². The van der Waals surface area contributed by atoms with Crippen LogP contribution in [0, 0.1) is 5.92 Å². The van der Waals surface area contributed by atoms with E-state index in [4.69, 9.17) is 9.84 Å². The second-order valence-electron chi connectivity index (χ2n) is 4.06. The molecule has 4 heteroatoms. The summed E-state index contributed by atoms with van der Waals surface area (Å²) in [5, 5.41) is 11.7. The molecule has 0 bridgehead atoms. The first-order valence-corrected chi connectivity index (χ1v) is 4.96. The predicted octanol–water partition coefficient (Wildman–Crippen LogP) is 1.11. The summed E-state index contributed by atoms with van der Waals surface area (Å²) >= 11 is 0. The maximum atomic E-state index is 10.5. The van der Waals surface area contributed by atoms with Gasteiger partial charge in [0.15, 0.2) is 0 Å². The minimum atomic E-state index is -0.772. The summed E-state index contributed by atoms with van der Waals surface area (Å²) in [6, 6.07) is 0. The Labute approximate surface area is 85.6 Å². The Morgan fingerprint density at radius 1 is 1.57 bits per heavy atom. The maximum Gasteiger partial charge on any atom is 0.307 e. The van der Waals surface area contributed by atoms with E-state index in [1.54, 1.807) is 6.92 Å². The number of carboxylic acid groups (broad SMARTS) is 1. The number of hydrogen-bond donors (Lipinski definition) is 2. The quantitative estimate of drug-likeness (QED) is 0.651. The van der Waals surface area contributed by atoms with Gasteiger partial charge in [0.2, 0.25) is 0 Å². The standard InChI is InChI=1S/C10H21NO3/c1-5-14-10(3,4)7-11-6-8(2)9(12)13/h8,11H,5-7H2,1-4H3,(H,12,13). The van der Waals surface area contributed by atoms with Crippen molar-refractivity contribution in [1.29, 1.82) is 0 Å². The van der Waals surface area contributed by atoms with Crippen LogP contribution in [-0.2, 0) is 9.53 Å². The zero-order valence-corrected chi connectivity index (χ0v) is 9.46. The van der Waals surface area contributed by atoms with Gasteiger partial charge < -0.3 is 15.2 Å². The molecule has 1 unspecified atom stereocenters. The lowest BCUT2D eigenvalue weighted by atomic mass is 10.1. The van der Waals surface area contributed by atoms with Crippen molar-refractivity contribution in [3.63, 3.8) is 0 Å². The highest BCUT2D eigenvalue weighted by Crippen LogP contribution is 2.06. The monoisotopic (exact) mass is 203 g/mol. The van der Waals surface area contributed by atoms with Crippen molar-refractivity contribution in [2.45, 2.75) is 33.3 Å². The van der Waals surface area contributed by atoms with Crippen LogP contribution in [0.25, 0.3) is 0 Å². The van der Waals surface area contributed by atoms with Crippen LogP contribution in [0.4, 0.5) is 0 Å². The highest BCUT2D eigenvalue weighted by atomic mass is 16.5. The first kappa shape index (κ1) is 13.4. The summed E-state index contributed by atoms with van der Waals surface area (Å²) in [6.45, 7) is 9.40. The fourth-order valence-corrected chi connectivity index (χ4v) is 1.12. The van der Waals surface area contributed by atoms with E-state index in [2.05, 4.69) is 5.32 Å². The Morgan fingerprint density at radius 3 is 2.57 bits per heavy atom. The number of carboxylic acids is 1. The van der Waals surface area contributed by atoms with Gasteiger partial charge in [-0.05, 0) is 20.8 Å². The van der Waals surface area contributed by atoms with E-state index >= 15 is 0 Å². The molecule has 0 amide bonds. The predicted molar refractivity (Wildman–Crippen MR) is 55.4 cm³/mol. The van der Waals surface area contributed by atoms with E-state index in [1.807, 2.05) is 20.8 Å². The molecule has 0 aromatic carbocycles. The zero-order chi connectivity index (χ0) is 11.2. The zero-order valence-electron chi connectivity index (χ0n) is 9.46. The number of carbonyl (C=O) groups is 1. The Balaban J connectivity index is 3.67. The molecule has 0 aromatic heterocycles. The van der Waals surface area contributed by atoms with E-state index < -0.39 is 5.97 Å². The summed E-state index contributed by atoms with van der Waals surface area (Å²) in [7, 11) is 0. The van der Waals surface area contributed by atoms with E-state index in [1.165, 1.54) is 0 Å². The van der Waals surface area contributed by atoms with Gasteiger partial charge in [-0.25, -0.2) is 0 Å². The summed E-state index contributed by atoms with van der Waals surface area (Å²) in [6.07, 6.45) is 0. The van der Waals surface area contributed by atoms with Gasteiger partial charge in [0, 0.05) is 19.7 Å². The van der Waals surface area contributed by atoms with Gasteiger partial charge in [0.1, 0.15) is 0 Å². The fourth-order valence-electron chi connectivity index (χ4n) is 1.12. The molecule has 84 valence electrons. The lowest BCUT2D eigenvalue weighted by Crippen LogP contribution is -2.40. The average molecular weight is 203 g/mol. The molecule has 0 rings (SSSR count). The van der Waals surface area contributed by atoms with E-state index in [0.717, 1.165) is 0 Å². The topological polar surface area (TPSA) is 58.6 Å². The van der Waals surface area contributed by atoms with Gasteiger partial charge in [-0.15, -0.1) is 0 Å². The summed E-state index contributed by atoms with van der Waals surface area (Å²) in [4.78, 5) is 10.5. The molecule has 0 saturated carbocycles. The highest BCUT2D eigenvalue weighted by molar-refractivity contribution is 5.69. The molecule has 2 N–H and O–H groups in total. The van der Waals surface area contributed by atoms with Crippen molar-refractivity contribution >= 4 is 5.97 Å². The number of ether oxygens (including phenoxy) is 1. The van der Waals surface area contributed by atoms with Gasteiger partial charge >= 0.3 is 5.97 Å². The molecule has 0 saturated heterocycles. The largest absolute Gasteiger partial charge is 0.481 e. The number of nitrogens with one attached hydrogen (secondary N) is 1. The number of aliphatic carboxylic acids is 1. The molecule has 0 aliphatic carbocycles. The van der Waals surface area contributed by atoms with Crippen molar-refractivity contribution in [2.75, 3.05) is 19.7 Å². The van der Waals surface area contributed by atoms with Crippen molar-refractivity contribution < 1.29 is 14.6 Å². The van der Waals surface area contributed by atoms with Gasteiger partial charge in [-0.3, -0.25) is 4.79 Å². The Morgan fingerprint density at radius 2 is 2.14 bits per heavy atom. The molecule has 4 nitrogen and oxygen atoms in total. The molecular weight excluding hydrogens is 182 g/mol.